The molecule has 0 radical (unpaired) electrons. The van der Waals surface area contributed by atoms with Gasteiger partial charge in [-0.25, -0.2) is 9.97 Å². The minimum Gasteiger partial charge on any atom is -0.324 e. The molecule has 17 heavy (non-hydrogen) atoms. The van der Waals surface area contributed by atoms with Crippen LogP contribution in [0.25, 0.3) is 0 Å². The number of nitrogens with two attached hydrogens (primary N) is 1. The van der Waals surface area contributed by atoms with Crippen LogP contribution in [-0.4, -0.2) is 19.7 Å². The van der Waals surface area contributed by atoms with E-state index in [2.05, 4.69) is 31.0 Å². The summed E-state index contributed by atoms with van der Waals surface area (Å²) in [6.45, 7) is 1.96. The quantitative estimate of drug-likeness (QED) is 0.932. The molecule has 90 valence electrons. The lowest BCUT2D eigenvalue weighted by atomic mass is 10.1. The fourth-order valence-corrected chi connectivity index (χ4v) is 2.23. The molecular formula is C11H14BrN5. The lowest BCUT2D eigenvalue weighted by Crippen LogP contribution is -2.16. The topological polar surface area (TPSA) is 69.6 Å². The van der Waals surface area contributed by atoms with E-state index in [0.717, 1.165) is 21.4 Å². The Labute approximate surface area is 108 Å². The van der Waals surface area contributed by atoms with E-state index in [4.69, 9.17) is 5.73 Å². The second-order valence-electron chi connectivity index (χ2n) is 3.95. The number of hydrogen-bond donors (Lipinski definition) is 1. The van der Waals surface area contributed by atoms with E-state index in [0.29, 0.717) is 6.42 Å². The van der Waals surface area contributed by atoms with E-state index in [-0.39, 0.29) is 6.04 Å². The Morgan fingerprint density at radius 1 is 1.41 bits per heavy atom. The predicted octanol–water partition coefficient (Wildman–Crippen LogP) is 1.52. The third-order valence-corrected chi connectivity index (χ3v) is 3.72. The molecule has 0 saturated carbocycles. The summed E-state index contributed by atoms with van der Waals surface area (Å²) < 4.78 is 2.87. The summed E-state index contributed by atoms with van der Waals surface area (Å²) in [4.78, 5) is 7.94. The second-order valence-corrected chi connectivity index (χ2v) is 4.75. The first-order valence-corrected chi connectivity index (χ1v) is 6.07. The smallest absolute Gasteiger partial charge is 0.115 e. The first-order valence-electron chi connectivity index (χ1n) is 5.28. The highest BCUT2D eigenvalue weighted by Crippen LogP contribution is 2.24. The van der Waals surface area contributed by atoms with Crippen LogP contribution in [0.4, 0.5) is 0 Å². The Hall–Kier alpha value is -1.27. The summed E-state index contributed by atoms with van der Waals surface area (Å²) in [6.07, 6.45) is 5.69. The number of halogens is 1. The van der Waals surface area contributed by atoms with E-state index in [9.17, 15) is 0 Å². The maximum Gasteiger partial charge on any atom is 0.115 e. The van der Waals surface area contributed by atoms with Gasteiger partial charge in [-0.2, -0.15) is 5.10 Å². The maximum absolute atomic E-state index is 6.13. The van der Waals surface area contributed by atoms with Crippen LogP contribution in [0.15, 0.2) is 23.2 Å². The summed E-state index contributed by atoms with van der Waals surface area (Å²) in [5, 5.41) is 4.34. The summed E-state index contributed by atoms with van der Waals surface area (Å²) in [5.41, 5.74) is 9.11. The molecule has 0 bridgehead atoms. The van der Waals surface area contributed by atoms with Crippen molar-refractivity contribution in [2.45, 2.75) is 19.4 Å². The van der Waals surface area contributed by atoms with Gasteiger partial charge in [0.05, 0.1) is 15.9 Å². The molecule has 6 heteroatoms. The Morgan fingerprint density at radius 3 is 2.59 bits per heavy atom. The molecule has 0 aliphatic rings. The predicted molar refractivity (Wildman–Crippen MR) is 68.3 cm³/mol. The molecule has 0 fully saturated rings. The average molecular weight is 296 g/mol. The fourth-order valence-electron chi connectivity index (χ4n) is 1.73. The van der Waals surface area contributed by atoms with Crippen molar-refractivity contribution in [2.75, 3.05) is 0 Å². The Kier molecular flexibility index (Phi) is 3.54. The van der Waals surface area contributed by atoms with Crippen molar-refractivity contribution in [3.63, 3.8) is 0 Å². The molecule has 2 aromatic rings. The molecule has 1 atom stereocenters. The molecule has 2 heterocycles. The van der Waals surface area contributed by atoms with E-state index in [1.165, 1.54) is 6.33 Å². The van der Waals surface area contributed by atoms with Crippen molar-refractivity contribution in [1.29, 1.82) is 0 Å². The van der Waals surface area contributed by atoms with E-state index in [1.807, 2.05) is 18.7 Å². The van der Waals surface area contributed by atoms with Crippen LogP contribution < -0.4 is 5.73 Å². The average Bonchev–Trinajstić information content (AvgIpc) is 2.57. The normalized spacial score (nSPS) is 12.7. The standard InChI is InChI=1S/C11H14BrN5/c1-7-11(12)10(17(2)16-7)3-9(13)8-4-14-6-15-5-8/h4-6,9H,3,13H2,1-2H3. The molecule has 0 aliphatic carbocycles. The number of nitrogens with zero attached hydrogens (tertiary/aromatic N) is 4. The van der Waals surface area contributed by atoms with E-state index in [1.54, 1.807) is 12.4 Å². The SMILES string of the molecule is Cc1nn(C)c(CC(N)c2cncnc2)c1Br. The molecule has 0 spiro atoms. The zero-order valence-corrected chi connectivity index (χ0v) is 11.3. The third-order valence-electron chi connectivity index (χ3n) is 2.68. The monoisotopic (exact) mass is 295 g/mol. The van der Waals surface area contributed by atoms with Gasteiger partial charge in [0.25, 0.3) is 0 Å². The van der Waals surface area contributed by atoms with E-state index < -0.39 is 0 Å². The molecule has 2 rings (SSSR count). The fraction of sp³-hybridized carbons (Fsp3) is 0.364. The molecule has 2 aromatic heterocycles. The van der Waals surface area contributed by atoms with Gasteiger partial charge in [0.15, 0.2) is 0 Å². The van der Waals surface area contributed by atoms with Gasteiger partial charge in [-0.15, -0.1) is 0 Å². The van der Waals surface area contributed by atoms with Crippen LogP contribution in [-0.2, 0) is 13.5 Å². The molecule has 0 aliphatic heterocycles. The maximum atomic E-state index is 6.13. The molecule has 0 saturated heterocycles. The van der Waals surface area contributed by atoms with Gasteiger partial charge in [-0.05, 0) is 22.9 Å². The second kappa shape index (κ2) is 4.93. The Morgan fingerprint density at radius 2 is 2.06 bits per heavy atom. The van der Waals surface area contributed by atoms with Crippen molar-refractivity contribution < 1.29 is 0 Å². The van der Waals surface area contributed by atoms with Crippen LogP contribution in [0.2, 0.25) is 0 Å². The highest BCUT2D eigenvalue weighted by molar-refractivity contribution is 9.10. The number of hydrogen-bond acceptors (Lipinski definition) is 4. The first kappa shape index (κ1) is 12.2. The summed E-state index contributed by atoms with van der Waals surface area (Å²) in [7, 11) is 1.92. The summed E-state index contributed by atoms with van der Waals surface area (Å²) >= 11 is 3.53. The zero-order valence-electron chi connectivity index (χ0n) is 9.76. The minimum atomic E-state index is -0.123. The summed E-state index contributed by atoms with van der Waals surface area (Å²) in [6, 6.07) is -0.123. The highest BCUT2D eigenvalue weighted by atomic mass is 79.9. The molecule has 5 nitrogen and oxygen atoms in total. The largest absolute Gasteiger partial charge is 0.324 e. The number of aryl methyl sites for hydroxylation is 2. The third kappa shape index (κ3) is 2.53. The van der Waals surface area contributed by atoms with Gasteiger partial charge in [-0.1, -0.05) is 0 Å². The van der Waals surface area contributed by atoms with Crippen molar-refractivity contribution in [3.05, 3.63) is 40.1 Å². The van der Waals surface area contributed by atoms with Crippen LogP contribution >= 0.6 is 15.9 Å². The van der Waals surface area contributed by atoms with Gasteiger partial charge in [-0.3, -0.25) is 4.68 Å². The van der Waals surface area contributed by atoms with Crippen molar-refractivity contribution in [3.8, 4) is 0 Å². The van der Waals surface area contributed by atoms with Gasteiger partial charge in [0.1, 0.15) is 6.33 Å². The van der Waals surface area contributed by atoms with Crippen LogP contribution in [0.1, 0.15) is 23.0 Å². The first-order chi connectivity index (χ1) is 8.09. The lowest BCUT2D eigenvalue weighted by molar-refractivity contribution is 0.635. The van der Waals surface area contributed by atoms with Gasteiger partial charge >= 0.3 is 0 Å². The lowest BCUT2D eigenvalue weighted by Gasteiger charge is -2.11. The molecular weight excluding hydrogens is 282 g/mol. The molecule has 2 N–H and O–H groups in total. The van der Waals surface area contributed by atoms with Crippen LogP contribution in [0, 0.1) is 6.92 Å². The highest BCUT2D eigenvalue weighted by Gasteiger charge is 2.15. The molecule has 1 unspecified atom stereocenters. The van der Waals surface area contributed by atoms with Gasteiger partial charge < -0.3 is 5.73 Å². The van der Waals surface area contributed by atoms with Gasteiger partial charge in [0, 0.05) is 37.5 Å². The Balaban J connectivity index is 2.22. The van der Waals surface area contributed by atoms with Gasteiger partial charge in [0.2, 0.25) is 0 Å². The van der Waals surface area contributed by atoms with Crippen LogP contribution in [0.5, 0.6) is 0 Å². The van der Waals surface area contributed by atoms with E-state index >= 15 is 0 Å². The molecule has 0 aromatic carbocycles. The zero-order chi connectivity index (χ0) is 12.4. The number of aromatic nitrogens is 4. The number of rotatable bonds is 3. The molecule has 0 amide bonds. The van der Waals surface area contributed by atoms with Crippen LogP contribution in [0.3, 0.4) is 0 Å². The van der Waals surface area contributed by atoms with Crippen molar-refractivity contribution in [2.24, 2.45) is 12.8 Å². The van der Waals surface area contributed by atoms with Crippen molar-refractivity contribution in [1.82, 2.24) is 19.7 Å². The summed E-state index contributed by atoms with van der Waals surface area (Å²) in [5.74, 6) is 0. The van der Waals surface area contributed by atoms with Crippen molar-refractivity contribution >= 4 is 15.9 Å². The Bertz CT molecular complexity index is 508. The minimum absolute atomic E-state index is 0.123.